The Hall–Kier alpha value is -6.90. The van der Waals surface area contributed by atoms with Crippen LogP contribution in [0.4, 0.5) is 32.1 Å². The molecule has 2 aromatic carbocycles. The minimum Gasteiger partial charge on any atom is -0.494 e. The Morgan fingerprint density at radius 2 is 1.12 bits per heavy atom. The molecule has 0 saturated carbocycles. The van der Waals surface area contributed by atoms with Gasteiger partial charge in [-0.05, 0) is 91.3 Å². The van der Waals surface area contributed by atoms with Crippen LogP contribution in [0, 0.1) is 25.5 Å². The van der Waals surface area contributed by atoms with Gasteiger partial charge < -0.3 is 20.1 Å². The molecule has 15 heteroatoms. The van der Waals surface area contributed by atoms with Crippen LogP contribution in [0.15, 0.2) is 85.7 Å². The summed E-state index contributed by atoms with van der Waals surface area (Å²) in [6, 6.07) is 13.3. The highest BCUT2D eigenvalue weighted by Gasteiger charge is 2.17. The first-order valence-electron chi connectivity index (χ1n) is 19.0. The Kier molecular flexibility index (Phi) is 15.0. The molecule has 4 aromatic heterocycles. The SMILES string of the molecule is CCC(=O)c1cc(CCc2cnc(Nc3cc[n+](O)c(C)c3)nc2)c(F)c(OC)c1.CCC(=O)c1cc(CCc2cnc(Nc3ccnc(C)c3)nc2)c(F)c(OC)c1. The molecule has 0 aliphatic carbocycles. The van der Waals surface area contributed by atoms with E-state index in [1.165, 1.54) is 32.5 Å². The lowest BCUT2D eigenvalue weighted by atomic mass is 10.00. The summed E-state index contributed by atoms with van der Waals surface area (Å²) in [6.07, 6.45) is 12.5. The molecule has 0 amide bonds. The van der Waals surface area contributed by atoms with E-state index >= 15 is 0 Å². The van der Waals surface area contributed by atoms with Gasteiger partial charge in [0.1, 0.15) is 0 Å². The van der Waals surface area contributed by atoms with Crippen molar-refractivity contribution in [2.24, 2.45) is 0 Å². The number of carbonyl (C=O) groups is 2. The summed E-state index contributed by atoms with van der Waals surface area (Å²) in [5.74, 6) is 0.0494. The van der Waals surface area contributed by atoms with Crippen molar-refractivity contribution in [3.05, 3.63) is 142 Å². The maximum atomic E-state index is 14.6. The summed E-state index contributed by atoms with van der Waals surface area (Å²) in [5.41, 5.74) is 6.64. The number of halogens is 2. The number of nitrogens with zero attached hydrogens (tertiary/aromatic N) is 6. The number of nitrogens with one attached hydrogen (secondary N) is 2. The number of anilines is 4. The van der Waals surface area contributed by atoms with E-state index in [0.29, 0.717) is 78.4 Å². The van der Waals surface area contributed by atoms with E-state index < -0.39 is 11.6 Å². The first-order chi connectivity index (χ1) is 28.4. The normalized spacial score (nSPS) is 10.6. The predicted octanol–water partition coefficient (Wildman–Crippen LogP) is 8.03. The van der Waals surface area contributed by atoms with E-state index in [9.17, 15) is 23.6 Å². The van der Waals surface area contributed by atoms with Crippen molar-refractivity contribution in [2.45, 2.75) is 66.2 Å². The lowest BCUT2D eigenvalue weighted by Crippen LogP contribution is -2.32. The minimum absolute atomic E-state index is 0.0466. The molecule has 6 rings (SSSR count). The fourth-order valence-corrected chi connectivity index (χ4v) is 5.92. The highest BCUT2D eigenvalue weighted by atomic mass is 19.1. The van der Waals surface area contributed by atoms with Crippen LogP contribution in [0.25, 0.3) is 0 Å². The standard InChI is InChI=1S/C22H23FN4O3.C22H23FN4O2/c1-4-19(28)17-10-16(21(23)20(11-17)30-3)6-5-15-12-24-22(25-13-15)26-18-7-8-27(29)14(2)9-18;1-4-19(28)17-10-16(21(23)20(11-17)29-3)6-5-15-12-25-22(26-13-15)27-18-7-8-24-14(2)9-18/h7-13,29H,4-6H2,1-3H3;7-13H,4-6H2,1-3H3,(H,24,25,26,27)/p+1. The molecule has 3 N–H and O–H groups in total. The number of aryl methyl sites for hydroxylation is 6. The molecule has 306 valence electrons. The van der Waals surface area contributed by atoms with Crippen LogP contribution in [0.5, 0.6) is 11.5 Å². The average molecular weight is 806 g/mol. The summed E-state index contributed by atoms with van der Waals surface area (Å²) < 4.78 is 40.4. The molecule has 0 aliphatic heterocycles. The number of hydrogen-bond acceptors (Lipinski definition) is 12. The maximum Gasteiger partial charge on any atom is 0.233 e. The third-order valence-corrected chi connectivity index (χ3v) is 9.26. The van der Waals surface area contributed by atoms with Crippen LogP contribution >= 0.6 is 0 Å². The van der Waals surface area contributed by atoms with Crippen molar-refractivity contribution in [3.63, 3.8) is 0 Å². The molecule has 0 fully saturated rings. The van der Waals surface area contributed by atoms with E-state index in [1.807, 2.05) is 19.1 Å². The van der Waals surface area contributed by atoms with Gasteiger partial charge >= 0.3 is 0 Å². The smallest absolute Gasteiger partial charge is 0.233 e. The number of ether oxygens (including phenoxy) is 2. The summed E-state index contributed by atoms with van der Waals surface area (Å²) in [7, 11) is 2.78. The van der Waals surface area contributed by atoms with Gasteiger partial charge in [0.2, 0.25) is 23.8 Å². The topological polar surface area (TPSA) is 165 Å². The number of carbonyl (C=O) groups excluding carboxylic acids is 2. The monoisotopic (exact) mass is 805 g/mol. The molecule has 4 heterocycles. The van der Waals surface area contributed by atoms with Crippen LogP contribution in [-0.4, -0.2) is 55.9 Å². The highest BCUT2D eigenvalue weighted by molar-refractivity contribution is 5.97. The van der Waals surface area contributed by atoms with Crippen molar-refractivity contribution < 1.29 is 37.8 Å². The Balaban J connectivity index is 0.000000224. The summed E-state index contributed by atoms with van der Waals surface area (Å²) in [6.45, 7) is 7.22. The molecule has 6 aromatic rings. The second kappa shape index (κ2) is 20.5. The molecular formula is C44H47F2N8O5+. The lowest BCUT2D eigenvalue weighted by Gasteiger charge is -2.11. The van der Waals surface area contributed by atoms with Gasteiger partial charge in [0.25, 0.3) is 0 Å². The average Bonchev–Trinajstić information content (AvgIpc) is 3.25. The van der Waals surface area contributed by atoms with Crippen molar-refractivity contribution in [1.82, 2.24) is 24.9 Å². The van der Waals surface area contributed by atoms with E-state index in [1.54, 1.807) is 76.0 Å². The first kappa shape index (κ1) is 43.2. The summed E-state index contributed by atoms with van der Waals surface area (Å²) in [4.78, 5) is 45.4. The Morgan fingerprint density at radius 1 is 0.661 bits per heavy atom. The third-order valence-electron chi connectivity index (χ3n) is 9.26. The van der Waals surface area contributed by atoms with E-state index in [4.69, 9.17) is 9.47 Å². The van der Waals surface area contributed by atoms with Gasteiger partial charge in [-0.25, -0.2) is 28.7 Å². The molecule has 0 unspecified atom stereocenters. The number of pyridine rings is 2. The summed E-state index contributed by atoms with van der Waals surface area (Å²) >= 11 is 0. The predicted molar refractivity (Wildman–Crippen MR) is 218 cm³/mol. The molecule has 13 nitrogen and oxygen atoms in total. The molecule has 0 spiro atoms. The maximum absolute atomic E-state index is 14.6. The van der Waals surface area contributed by atoms with E-state index in [0.717, 1.165) is 32.9 Å². The molecule has 0 atom stereocenters. The molecule has 0 aliphatic rings. The van der Waals surface area contributed by atoms with Crippen LogP contribution in [-0.2, 0) is 25.7 Å². The zero-order valence-electron chi connectivity index (χ0n) is 33.8. The van der Waals surface area contributed by atoms with E-state index in [-0.39, 0.29) is 23.1 Å². The largest absolute Gasteiger partial charge is 0.494 e. The van der Waals surface area contributed by atoms with E-state index in [2.05, 4.69) is 35.6 Å². The van der Waals surface area contributed by atoms with Crippen molar-refractivity contribution in [2.75, 3.05) is 24.9 Å². The van der Waals surface area contributed by atoms with Crippen LogP contribution in [0.2, 0.25) is 0 Å². The highest BCUT2D eigenvalue weighted by Crippen LogP contribution is 2.27. The second-order valence-electron chi connectivity index (χ2n) is 13.5. The Bertz CT molecular complexity index is 2400. The lowest BCUT2D eigenvalue weighted by molar-refractivity contribution is -0.908. The zero-order valence-corrected chi connectivity index (χ0v) is 33.8. The van der Waals surface area contributed by atoms with Crippen LogP contribution in [0.1, 0.15) is 81.0 Å². The third kappa shape index (κ3) is 11.8. The molecule has 0 saturated heterocycles. The number of hydrogen-bond donors (Lipinski definition) is 3. The molecule has 0 bridgehead atoms. The number of aromatic nitrogens is 6. The van der Waals surface area contributed by atoms with Gasteiger partial charge in [-0.1, -0.05) is 13.8 Å². The number of benzene rings is 2. The van der Waals surface area contributed by atoms with Crippen molar-refractivity contribution in [1.29, 1.82) is 0 Å². The van der Waals surface area contributed by atoms with Gasteiger partial charge in [-0.15, -0.1) is 0 Å². The first-order valence-corrected chi connectivity index (χ1v) is 19.0. The molecule has 59 heavy (non-hydrogen) atoms. The Morgan fingerprint density at radius 3 is 1.53 bits per heavy atom. The summed E-state index contributed by atoms with van der Waals surface area (Å²) in [5, 5.41) is 15.7. The second-order valence-corrected chi connectivity index (χ2v) is 13.5. The van der Waals surface area contributed by atoms with Gasteiger partial charge in [-0.2, -0.15) is 0 Å². The fourth-order valence-electron chi connectivity index (χ4n) is 5.92. The van der Waals surface area contributed by atoms with Crippen LogP contribution in [0.3, 0.4) is 0 Å². The fraction of sp³-hybridized carbons (Fsp3) is 0.273. The number of Topliss-reactive ketones (excluding diaryl/α,β-unsaturated/α-hetero) is 2. The number of ketones is 2. The number of rotatable bonds is 16. The van der Waals surface area contributed by atoms with Gasteiger partial charge in [0.15, 0.2) is 34.7 Å². The van der Waals surface area contributed by atoms with Crippen LogP contribution < -0.4 is 24.8 Å². The quantitative estimate of drug-likeness (QED) is 0.0491. The molecule has 0 radical (unpaired) electrons. The van der Waals surface area contributed by atoms with Crippen molar-refractivity contribution >= 4 is 34.8 Å². The van der Waals surface area contributed by atoms with Crippen molar-refractivity contribution in [3.8, 4) is 11.5 Å². The Labute approximate surface area is 341 Å². The zero-order chi connectivity index (χ0) is 42.5. The van der Waals surface area contributed by atoms with Gasteiger partial charge in [0, 0.05) is 90.1 Å². The van der Waals surface area contributed by atoms with Gasteiger partial charge in [-0.3, -0.25) is 19.8 Å². The minimum atomic E-state index is -0.454. The molecular weight excluding hydrogens is 759 g/mol. The van der Waals surface area contributed by atoms with Gasteiger partial charge in [0.05, 0.1) is 19.9 Å². The number of methoxy groups -OCH3 is 2.